The van der Waals surface area contributed by atoms with Crippen molar-refractivity contribution in [2.45, 2.75) is 6.92 Å². The number of rotatable bonds is 8. The van der Waals surface area contributed by atoms with Crippen LogP contribution in [0.2, 0.25) is 0 Å². The maximum absolute atomic E-state index is 12.9. The molecule has 8 heteroatoms. The first-order valence-corrected chi connectivity index (χ1v) is 12.3. The quantitative estimate of drug-likeness (QED) is 0.244. The van der Waals surface area contributed by atoms with Gasteiger partial charge in [-0.3, -0.25) is 14.5 Å². The minimum Gasteiger partial charge on any atom is -0.492 e. The summed E-state index contributed by atoms with van der Waals surface area (Å²) >= 11 is 3.09. The lowest BCUT2D eigenvalue weighted by atomic mass is 10.1. The molecule has 0 N–H and O–H groups in total. The zero-order valence-corrected chi connectivity index (χ0v) is 21.1. The van der Waals surface area contributed by atoms with Crippen molar-refractivity contribution in [3.8, 4) is 17.2 Å². The molecule has 0 aromatic heterocycles. The summed E-state index contributed by atoms with van der Waals surface area (Å²) in [5.41, 5.74) is 0.765. The molecule has 1 fully saturated rings. The molecule has 0 aliphatic carbocycles. The summed E-state index contributed by atoms with van der Waals surface area (Å²) < 4.78 is 17.8. The third kappa shape index (κ3) is 5.11. The van der Waals surface area contributed by atoms with Crippen molar-refractivity contribution >= 4 is 62.3 Å². The molecule has 0 bridgehead atoms. The lowest BCUT2D eigenvalue weighted by Crippen LogP contribution is -2.32. The van der Waals surface area contributed by atoms with Crippen LogP contribution in [0, 0.1) is 3.57 Å². The predicted molar refractivity (Wildman–Crippen MR) is 139 cm³/mol. The average molecular weight is 575 g/mol. The van der Waals surface area contributed by atoms with Gasteiger partial charge in [-0.1, -0.05) is 36.4 Å². The minimum atomic E-state index is -0.324. The van der Waals surface area contributed by atoms with Gasteiger partial charge >= 0.3 is 0 Å². The Morgan fingerprint density at radius 1 is 1.03 bits per heavy atom. The van der Waals surface area contributed by atoms with Crippen molar-refractivity contribution < 1.29 is 23.8 Å². The molecule has 1 saturated heterocycles. The number of amides is 2. The Hall–Kier alpha value is -2.72. The summed E-state index contributed by atoms with van der Waals surface area (Å²) in [4.78, 5) is 27.0. The van der Waals surface area contributed by atoms with E-state index in [4.69, 9.17) is 14.2 Å². The largest absolute Gasteiger partial charge is 0.492 e. The Morgan fingerprint density at radius 3 is 2.61 bits per heavy atom. The van der Waals surface area contributed by atoms with Crippen LogP contribution in [0.15, 0.2) is 59.5 Å². The van der Waals surface area contributed by atoms with Crippen molar-refractivity contribution in [2.24, 2.45) is 0 Å². The molecule has 1 heterocycles. The number of hydrogen-bond donors (Lipinski definition) is 0. The second kappa shape index (κ2) is 10.5. The summed E-state index contributed by atoms with van der Waals surface area (Å²) in [7, 11) is 1.59. The Kier molecular flexibility index (Phi) is 7.44. The van der Waals surface area contributed by atoms with Crippen molar-refractivity contribution in [3.05, 3.63) is 68.6 Å². The normalized spacial score (nSPS) is 14.9. The number of ether oxygens (including phenoxy) is 3. The fourth-order valence-electron chi connectivity index (χ4n) is 3.54. The highest BCUT2D eigenvalue weighted by Gasteiger charge is 2.35. The predicted octanol–water partition coefficient (Wildman–Crippen LogP) is 5.97. The van der Waals surface area contributed by atoms with Gasteiger partial charge in [-0.05, 0) is 76.5 Å². The lowest BCUT2D eigenvalue weighted by Gasteiger charge is -2.14. The zero-order chi connectivity index (χ0) is 23.4. The van der Waals surface area contributed by atoms with Gasteiger partial charge in [0, 0.05) is 5.39 Å². The number of carbonyl (C=O) groups excluding carboxylic acids is 2. The number of fused-ring (bicyclic) bond motifs is 1. The van der Waals surface area contributed by atoms with E-state index in [1.807, 2.05) is 61.5 Å². The van der Waals surface area contributed by atoms with Crippen molar-refractivity contribution in [1.82, 2.24) is 4.90 Å². The molecule has 0 radical (unpaired) electrons. The molecule has 0 spiro atoms. The summed E-state index contributed by atoms with van der Waals surface area (Å²) in [6, 6.07) is 17.4. The van der Waals surface area contributed by atoms with Crippen LogP contribution in [-0.2, 0) is 4.79 Å². The second-order valence-corrected chi connectivity index (χ2v) is 9.28. The van der Waals surface area contributed by atoms with E-state index in [0.29, 0.717) is 23.0 Å². The number of halogens is 1. The van der Waals surface area contributed by atoms with Gasteiger partial charge in [0.1, 0.15) is 12.4 Å². The highest BCUT2D eigenvalue weighted by atomic mass is 127. The van der Waals surface area contributed by atoms with E-state index in [9.17, 15) is 9.59 Å². The molecule has 0 atom stereocenters. The van der Waals surface area contributed by atoms with Crippen LogP contribution >= 0.6 is 34.4 Å². The lowest BCUT2D eigenvalue weighted by molar-refractivity contribution is -0.123. The van der Waals surface area contributed by atoms with E-state index >= 15 is 0 Å². The fraction of sp³-hybridized carbons (Fsp3) is 0.200. The highest BCUT2D eigenvalue weighted by molar-refractivity contribution is 14.1. The second-order valence-electron chi connectivity index (χ2n) is 7.13. The van der Waals surface area contributed by atoms with Gasteiger partial charge in [0.05, 0.1) is 28.7 Å². The number of hydrogen-bond acceptors (Lipinski definition) is 6. The van der Waals surface area contributed by atoms with Crippen molar-refractivity contribution in [1.29, 1.82) is 0 Å². The molecular formula is C25H22INO5S. The van der Waals surface area contributed by atoms with Gasteiger partial charge in [-0.15, -0.1) is 0 Å². The molecule has 0 saturated carbocycles. The Balaban J connectivity index is 1.47. The summed E-state index contributed by atoms with van der Waals surface area (Å²) in [6.07, 6.45) is 1.71. The van der Waals surface area contributed by atoms with Crippen LogP contribution < -0.4 is 14.2 Å². The van der Waals surface area contributed by atoms with E-state index in [-0.39, 0.29) is 24.3 Å². The Bertz CT molecular complexity index is 1240. The third-order valence-electron chi connectivity index (χ3n) is 5.03. The molecule has 1 aliphatic heterocycles. The number of benzene rings is 3. The first-order valence-electron chi connectivity index (χ1n) is 10.4. The van der Waals surface area contributed by atoms with Crippen molar-refractivity contribution in [3.63, 3.8) is 0 Å². The van der Waals surface area contributed by atoms with Gasteiger partial charge in [-0.2, -0.15) is 0 Å². The fourth-order valence-corrected chi connectivity index (χ4v) is 5.26. The molecule has 33 heavy (non-hydrogen) atoms. The molecule has 170 valence electrons. The maximum Gasteiger partial charge on any atom is 0.293 e. The van der Waals surface area contributed by atoms with Crippen LogP contribution in [0.25, 0.3) is 16.8 Å². The van der Waals surface area contributed by atoms with E-state index in [2.05, 4.69) is 22.6 Å². The smallest absolute Gasteiger partial charge is 0.293 e. The standard InChI is InChI=1S/C25H22INO5S/c1-3-31-21-14-16(13-19(26)23(21)30-2)15-22-24(28)27(25(29)33-22)11-12-32-20-10-6-8-17-7-4-5-9-18(17)20/h4-10,13-15H,3,11-12H2,1-2H3/b22-15-. The Morgan fingerprint density at radius 2 is 1.82 bits per heavy atom. The third-order valence-corrected chi connectivity index (χ3v) is 6.74. The van der Waals surface area contributed by atoms with E-state index in [1.165, 1.54) is 4.90 Å². The zero-order valence-electron chi connectivity index (χ0n) is 18.2. The van der Waals surface area contributed by atoms with Crippen LogP contribution in [0.3, 0.4) is 0 Å². The number of imide groups is 1. The molecule has 6 nitrogen and oxygen atoms in total. The molecule has 1 aliphatic rings. The van der Waals surface area contributed by atoms with Gasteiger partial charge in [-0.25, -0.2) is 0 Å². The summed E-state index contributed by atoms with van der Waals surface area (Å²) in [5, 5.41) is 1.76. The monoisotopic (exact) mass is 575 g/mol. The highest BCUT2D eigenvalue weighted by Crippen LogP contribution is 2.37. The number of methoxy groups -OCH3 is 1. The molecule has 4 rings (SSSR count). The van der Waals surface area contributed by atoms with E-state index in [0.717, 1.165) is 37.4 Å². The molecule has 3 aromatic rings. The first kappa shape index (κ1) is 23.4. The van der Waals surface area contributed by atoms with Crippen molar-refractivity contribution in [2.75, 3.05) is 26.9 Å². The number of carbonyl (C=O) groups is 2. The molecule has 3 aromatic carbocycles. The number of nitrogens with zero attached hydrogens (tertiary/aromatic N) is 1. The summed E-state index contributed by atoms with van der Waals surface area (Å²) in [5.74, 6) is 1.65. The van der Waals surface area contributed by atoms with Gasteiger partial charge < -0.3 is 14.2 Å². The summed E-state index contributed by atoms with van der Waals surface area (Å²) in [6.45, 7) is 2.78. The Labute approximate surface area is 210 Å². The van der Waals surface area contributed by atoms with Crippen LogP contribution in [0.1, 0.15) is 12.5 Å². The SMILES string of the molecule is CCOc1cc(/C=C2\SC(=O)N(CCOc3cccc4ccccc34)C2=O)cc(I)c1OC. The van der Waals surface area contributed by atoms with E-state index < -0.39 is 0 Å². The van der Waals surface area contributed by atoms with Gasteiger partial charge in [0.25, 0.3) is 11.1 Å². The van der Waals surface area contributed by atoms with Crippen LogP contribution in [0.4, 0.5) is 4.79 Å². The van der Waals surface area contributed by atoms with E-state index in [1.54, 1.807) is 13.2 Å². The maximum atomic E-state index is 12.9. The van der Waals surface area contributed by atoms with Gasteiger partial charge in [0.2, 0.25) is 0 Å². The molecule has 2 amide bonds. The van der Waals surface area contributed by atoms with Gasteiger partial charge in [0.15, 0.2) is 11.5 Å². The first-order chi connectivity index (χ1) is 16.0. The molecular weight excluding hydrogens is 553 g/mol. The topological polar surface area (TPSA) is 65.1 Å². The average Bonchev–Trinajstić information content (AvgIpc) is 3.06. The minimum absolute atomic E-state index is 0.176. The molecule has 0 unspecified atom stereocenters. The van der Waals surface area contributed by atoms with Crippen LogP contribution in [-0.4, -0.2) is 42.9 Å². The van der Waals surface area contributed by atoms with Crippen LogP contribution in [0.5, 0.6) is 17.2 Å². The number of thioether (sulfide) groups is 1.